The zero-order chi connectivity index (χ0) is 9.80. The Morgan fingerprint density at radius 1 is 1.36 bits per heavy atom. The van der Waals surface area contributed by atoms with Crippen molar-refractivity contribution in [3.63, 3.8) is 0 Å². The molecule has 1 aliphatic rings. The molecule has 1 heterocycles. The van der Waals surface area contributed by atoms with Crippen molar-refractivity contribution in [3.8, 4) is 5.75 Å². The Labute approximate surface area is 88.7 Å². The normalized spacial score (nSPS) is 23.0. The summed E-state index contributed by atoms with van der Waals surface area (Å²) in [5.74, 6) is 2.68. The number of para-hydroxylation sites is 1. The topological polar surface area (TPSA) is 32.3 Å². The molecule has 0 aliphatic carbocycles. The van der Waals surface area contributed by atoms with E-state index in [0.29, 0.717) is 11.8 Å². The van der Waals surface area contributed by atoms with Crippen molar-refractivity contribution in [2.24, 2.45) is 0 Å². The first kappa shape index (κ1) is 9.87. The molecule has 1 aromatic rings. The van der Waals surface area contributed by atoms with Gasteiger partial charge in [0, 0.05) is 17.4 Å². The Balaban J connectivity index is 2.16. The second-order valence-corrected chi connectivity index (χ2v) is 4.64. The number of phenolic OH excluding ortho intramolecular Hbond substituents is 1. The first-order chi connectivity index (χ1) is 6.88. The Bertz CT molecular complexity index is 295. The molecule has 0 saturated carbocycles. The van der Waals surface area contributed by atoms with Gasteiger partial charge in [-0.3, -0.25) is 0 Å². The number of benzene rings is 1. The van der Waals surface area contributed by atoms with Crippen LogP contribution in [0.25, 0.3) is 0 Å². The van der Waals surface area contributed by atoms with Gasteiger partial charge >= 0.3 is 0 Å². The van der Waals surface area contributed by atoms with E-state index < -0.39 is 0 Å². The largest absolute Gasteiger partial charge is 0.508 e. The highest BCUT2D eigenvalue weighted by Gasteiger charge is 2.16. The molecule has 2 N–H and O–H groups in total. The minimum Gasteiger partial charge on any atom is -0.508 e. The molecule has 2 nitrogen and oxygen atoms in total. The van der Waals surface area contributed by atoms with Gasteiger partial charge in [-0.25, -0.2) is 0 Å². The highest BCUT2D eigenvalue weighted by atomic mass is 32.2. The van der Waals surface area contributed by atoms with E-state index >= 15 is 0 Å². The van der Waals surface area contributed by atoms with Crippen molar-refractivity contribution in [3.05, 3.63) is 29.8 Å². The molecule has 1 fully saturated rings. The van der Waals surface area contributed by atoms with Crippen molar-refractivity contribution in [1.82, 2.24) is 5.32 Å². The smallest absolute Gasteiger partial charge is 0.120 e. The molecule has 1 saturated heterocycles. The average Bonchev–Trinajstić information content (AvgIpc) is 2.47. The van der Waals surface area contributed by atoms with Crippen molar-refractivity contribution in [2.45, 2.75) is 12.5 Å². The number of hydrogen-bond acceptors (Lipinski definition) is 3. The molecular weight excluding hydrogens is 194 g/mol. The fourth-order valence-corrected chi connectivity index (χ4v) is 2.74. The van der Waals surface area contributed by atoms with Gasteiger partial charge < -0.3 is 10.4 Å². The Morgan fingerprint density at radius 3 is 3.07 bits per heavy atom. The molecule has 1 aliphatic heterocycles. The van der Waals surface area contributed by atoms with Gasteiger partial charge in [-0.15, -0.1) is 0 Å². The van der Waals surface area contributed by atoms with E-state index in [9.17, 15) is 5.11 Å². The van der Waals surface area contributed by atoms with Crippen LogP contribution in [0.15, 0.2) is 24.3 Å². The second-order valence-electron chi connectivity index (χ2n) is 3.49. The molecule has 14 heavy (non-hydrogen) atoms. The lowest BCUT2D eigenvalue weighted by molar-refractivity contribution is 0.455. The fraction of sp³-hybridized carbons (Fsp3) is 0.455. The van der Waals surface area contributed by atoms with Gasteiger partial charge in [0.2, 0.25) is 0 Å². The van der Waals surface area contributed by atoms with E-state index in [4.69, 9.17) is 0 Å². The zero-order valence-corrected chi connectivity index (χ0v) is 8.89. The molecule has 0 aromatic heterocycles. The summed E-state index contributed by atoms with van der Waals surface area (Å²) < 4.78 is 0. The summed E-state index contributed by atoms with van der Waals surface area (Å²) in [5, 5.41) is 13.2. The summed E-state index contributed by atoms with van der Waals surface area (Å²) in [6.07, 6.45) is 1.22. The maximum atomic E-state index is 9.71. The van der Waals surface area contributed by atoms with Crippen LogP contribution in [0.4, 0.5) is 0 Å². The van der Waals surface area contributed by atoms with Gasteiger partial charge in [0.15, 0.2) is 0 Å². The lowest BCUT2D eigenvalue weighted by atomic mass is 10.1. The average molecular weight is 209 g/mol. The quantitative estimate of drug-likeness (QED) is 0.743. The van der Waals surface area contributed by atoms with Crippen LogP contribution in [-0.4, -0.2) is 23.2 Å². The van der Waals surface area contributed by atoms with Crippen molar-refractivity contribution < 1.29 is 5.11 Å². The molecular formula is C11H15NOS. The van der Waals surface area contributed by atoms with Gasteiger partial charge in [0.1, 0.15) is 5.75 Å². The lowest BCUT2D eigenvalue weighted by Gasteiger charge is -2.16. The van der Waals surface area contributed by atoms with Crippen LogP contribution in [-0.2, 0) is 0 Å². The van der Waals surface area contributed by atoms with E-state index in [1.165, 1.54) is 12.2 Å². The SMILES string of the molecule is Oc1ccccc1C1CSCCCN1. The van der Waals surface area contributed by atoms with E-state index in [2.05, 4.69) is 5.32 Å². The summed E-state index contributed by atoms with van der Waals surface area (Å²) in [6, 6.07) is 7.91. The fourth-order valence-electron chi connectivity index (χ4n) is 1.69. The van der Waals surface area contributed by atoms with E-state index in [-0.39, 0.29) is 0 Å². The van der Waals surface area contributed by atoms with Crippen molar-refractivity contribution >= 4 is 11.8 Å². The maximum absolute atomic E-state index is 9.71. The highest BCUT2D eigenvalue weighted by molar-refractivity contribution is 7.99. The van der Waals surface area contributed by atoms with Crippen LogP contribution in [0.2, 0.25) is 0 Å². The first-order valence-corrected chi connectivity index (χ1v) is 6.12. The van der Waals surface area contributed by atoms with Crippen LogP contribution in [0.5, 0.6) is 5.75 Å². The Kier molecular flexibility index (Phi) is 3.32. The highest BCUT2D eigenvalue weighted by Crippen LogP contribution is 2.27. The summed E-state index contributed by atoms with van der Waals surface area (Å²) in [4.78, 5) is 0. The van der Waals surface area contributed by atoms with Gasteiger partial charge in [0.25, 0.3) is 0 Å². The Hall–Kier alpha value is -0.670. The number of aromatic hydroxyl groups is 1. The van der Waals surface area contributed by atoms with Crippen molar-refractivity contribution in [2.75, 3.05) is 18.1 Å². The third-order valence-corrected chi connectivity index (χ3v) is 3.60. The molecule has 2 rings (SSSR count). The lowest BCUT2D eigenvalue weighted by Crippen LogP contribution is -2.22. The van der Waals surface area contributed by atoms with Crippen LogP contribution < -0.4 is 5.32 Å². The molecule has 0 bridgehead atoms. The van der Waals surface area contributed by atoms with E-state index in [1.54, 1.807) is 6.07 Å². The van der Waals surface area contributed by atoms with Crippen LogP contribution >= 0.6 is 11.8 Å². The number of phenols is 1. The van der Waals surface area contributed by atoms with Crippen LogP contribution in [0.1, 0.15) is 18.0 Å². The van der Waals surface area contributed by atoms with Gasteiger partial charge in [-0.2, -0.15) is 11.8 Å². The molecule has 1 unspecified atom stereocenters. The number of hydrogen-bond donors (Lipinski definition) is 2. The van der Waals surface area contributed by atoms with Crippen molar-refractivity contribution in [1.29, 1.82) is 0 Å². The minimum absolute atomic E-state index is 0.309. The zero-order valence-electron chi connectivity index (χ0n) is 8.07. The number of rotatable bonds is 1. The molecule has 0 spiro atoms. The van der Waals surface area contributed by atoms with Crippen LogP contribution in [0, 0.1) is 0 Å². The monoisotopic (exact) mass is 209 g/mol. The van der Waals surface area contributed by atoms with Gasteiger partial charge in [0.05, 0.1) is 0 Å². The minimum atomic E-state index is 0.309. The van der Waals surface area contributed by atoms with E-state index in [1.807, 2.05) is 30.0 Å². The van der Waals surface area contributed by atoms with Gasteiger partial charge in [-0.1, -0.05) is 18.2 Å². The third kappa shape index (κ3) is 2.22. The van der Waals surface area contributed by atoms with E-state index in [0.717, 1.165) is 17.9 Å². The predicted octanol–water partition coefficient (Wildman–Crippen LogP) is 2.16. The standard InChI is InChI=1S/C11H15NOS/c13-11-5-2-1-4-9(11)10-8-14-7-3-6-12-10/h1-2,4-5,10,12-13H,3,6-8H2. The second kappa shape index (κ2) is 4.71. The molecule has 3 heteroatoms. The number of thioether (sulfide) groups is 1. The molecule has 76 valence electrons. The van der Waals surface area contributed by atoms with Gasteiger partial charge in [-0.05, 0) is 24.8 Å². The number of nitrogens with one attached hydrogen (secondary N) is 1. The summed E-state index contributed by atoms with van der Waals surface area (Å²) >= 11 is 1.95. The summed E-state index contributed by atoms with van der Waals surface area (Å²) in [5.41, 5.74) is 1.03. The predicted molar refractivity (Wildman–Crippen MR) is 60.8 cm³/mol. The molecule has 1 aromatic carbocycles. The molecule has 0 radical (unpaired) electrons. The Morgan fingerprint density at radius 2 is 2.21 bits per heavy atom. The third-order valence-electron chi connectivity index (χ3n) is 2.45. The first-order valence-electron chi connectivity index (χ1n) is 4.97. The summed E-state index contributed by atoms with van der Waals surface area (Å²) in [7, 11) is 0. The summed E-state index contributed by atoms with van der Waals surface area (Å²) in [6.45, 7) is 1.05. The maximum Gasteiger partial charge on any atom is 0.120 e. The molecule has 0 amide bonds. The molecule has 1 atom stereocenters. The van der Waals surface area contributed by atoms with Crippen LogP contribution in [0.3, 0.4) is 0 Å².